The first-order valence-electron chi connectivity index (χ1n) is 19.2. The number of ketones is 1. The number of hydrogen-bond donors (Lipinski definition) is 5. The van der Waals surface area contributed by atoms with Gasteiger partial charge in [-0.25, -0.2) is 0 Å². The number of nitrogens with one attached hydrogen (secondary N) is 4. The summed E-state index contributed by atoms with van der Waals surface area (Å²) in [6.07, 6.45) is 13.3. The maximum atomic E-state index is 14.4. The minimum Gasteiger partial charge on any atom is -0.367 e. The van der Waals surface area contributed by atoms with Crippen LogP contribution in [0.15, 0.2) is 29.9 Å². The van der Waals surface area contributed by atoms with Crippen LogP contribution in [0.5, 0.6) is 0 Å². The number of aliphatic hydroxyl groups is 1. The lowest BCUT2D eigenvalue weighted by Gasteiger charge is -2.38. The molecule has 4 fully saturated rings. The van der Waals surface area contributed by atoms with Crippen molar-refractivity contribution in [2.45, 2.75) is 149 Å². The molecule has 3 aliphatic carbocycles. The van der Waals surface area contributed by atoms with Gasteiger partial charge in [0.25, 0.3) is 17.6 Å². The van der Waals surface area contributed by atoms with Gasteiger partial charge in [0.2, 0.25) is 17.7 Å². The number of aliphatic imine (C=N–C) groups is 1. The van der Waals surface area contributed by atoms with Crippen LogP contribution in [0.3, 0.4) is 0 Å². The van der Waals surface area contributed by atoms with E-state index in [9.17, 15) is 33.9 Å². The average molecular weight is 727 g/mol. The molecule has 6 atom stereocenters. The highest BCUT2D eigenvalue weighted by molar-refractivity contribution is 6.43. The number of aliphatic hydroxyl groups excluding tert-OH is 1. The monoisotopic (exact) mass is 726 g/mol. The number of carbonyl (C=O) groups is 6. The fourth-order valence-corrected chi connectivity index (χ4v) is 7.25. The van der Waals surface area contributed by atoms with Crippen LogP contribution in [0.1, 0.15) is 119 Å². The van der Waals surface area contributed by atoms with Gasteiger partial charge in [-0.3, -0.25) is 33.8 Å². The molecule has 0 aromatic carbocycles. The van der Waals surface area contributed by atoms with Gasteiger partial charge in [-0.2, -0.15) is 0 Å². The van der Waals surface area contributed by atoms with Crippen LogP contribution in [0, 0.1) is 23.2 Å². The molecule has 52 heavy (non-hydrogen) atoms. The third-order valence-electron chi connectivity index (χ3n) is 10.5. The third kappa shape index (κ3) is 11.6. The zero-order valence-electron chi connectivity index (χ0n) is 32.0. The van der Waals surface area contributed by atoms with Crippen LogP contribution in [0.2, 0.25) is 0 Å². The molecule has 1 aliphatic heterocycles. The van der Waals surface area contributed by atoms with Gasteiger partial charge in [0.1, 0.15) is 23.8 Å². The summed E-state index contributed by atoms with van der Waals surface area (Å²) in [7, 11) is 0. The lowest BCUT2D eigenvalue weighted by molar-refractivity contribution is -0.149. The van der Waals surface area contributed by atoms with Crippen LogP contribution in [0.4, 0.5) is 0 Å². The number of allylic oxidation sites excluding steroid dienone is 1. The SMILES string of the molecule is C=CC(=N/C=C\C)C(=O)N[C@H](C(=O)NC(C(=O)N1C[C@@H]2CCC[C@@H]2C1C(=O)NC(O)C(=O)C(=O)NC1CC1)C(C)(C)C)C1CCCCC1.CCCC. The van der Waals surface area contributed by atoms with Crippen LogP contribution >= 0.6 is 0 Å². The third-order valence-corrected chi connectivity index (χ3v) is 10.5. The summed E-state index contributed by atoms with van der Waals surface area (Å²) >= 11 is 0. The van der Waals surface area contributed by atoms with Crippen molar-refractivity contribution in [2.24, 2.45) is 28.2 Å². The van der Waals surface area contributed by atoms with Crippen molar-refractivity contribution < 1.29 is 33.9 Å². The van der Waals surface area contributed by atoms with Crippen molar-refractivity contribution in [3.8, 4) is 0 Å². The predicted molar refractivity (Wildman–Crippen MR) is 200 cm³/mol. The molecule has 4 rings (SSSR count). The van der Waals surface area contributed by atoms with Gasteiger partial charge < -0.3 is 31.3 Å². The summed E-state index contributed by atoms with van der Waals surface area (Å²) in [6.45, 7) is 15.5. The first-order chi connectivity index (χ1) is 24.7. The molecule has 5 N–H and O–H groups in total. The smallest absolute Gasteiger partial charge is 0.292 e. The Morgan fingerprint density at radius 3 is 2.10 bits per heavy atom. The normalized spacial score (nSPS) is 23.7. The number of amides is 5. The lowest BCUT2D eigenvalue weighted by Crippen LogP contribution is -2.62. The Bertz CT molecular complexity index is 1360. The van der Waals surface area contributed by atoms with E-state index >= 15 is 0 Å². The van der Waals surface area contributed by atoms with Crippen LogP contribution in [-0.4, -0.2) is 88.0 Å². The van der Waals surface area contributed by atoms with Gasteiger partial charge in [-0.05, 0) is 74.7 Å². The molecule has 3 saturated carbocycles. The first-order valence-corrected chi connectivity index (χ1v) is 19.2. The number of carbonyl (C=O) groups excluding carboxylic acids is 6. The van der Waals surface area contributed by atoms with E-state index in [-0.39, 0.29) is 36.1 Å². The Labute approximate surface area is 309 Å². The molecule has 1 saturated heterocycles. The molecule has 0 radical (unpaired) electrons. The summed E-state index contributed by atoms with van der Waals surface area (Å²) in [4.78, 5) is 85.7. The molecule has 0 aromatic heterocycles. The molecule has 0 spiro atoms. The predicted octanol–water partition coefficient (Wildman–Crippen LogP) is 3.46. The molecule has 13 nitrogen and oxygen atoms in total. The number of likely N-dealkylation sites (tertiary alicyclic amines) is 1. The summed E-state index contributed by atoms with van der Waals surface area (Å²) in [5.74, 6) is -4.67. The molecular weight excluding hydrogens is 664 g/mol. The van der Waals surface area contributed by atoms with Crippen molar-refractivity contribution in [2.75, 3.05) is 6.54 Å². The van der Waals surface area contributed by atoms with Crippen molar-refractivity contribution in [3.63, 3.8) is 0 Å². The maximum absolute atomic E-state index is 14.4. The van der Waals surface area contributed by atoms with Crippen LogP contribution < -0.4 is 21.3 Å². The Hall–Kier alpha value is -3.87. The second-order valence-corrected chi connectivity index (χ2v) is 15.7. The van der Waals surface area contributed by atoms with Gasteiger partial charge in [0.05, 0.1) is 0 Å². The molecule has 5 amide bonds. The molecule has 290 valence electrons. The van der Waals surface area contributed by atoms with Gasteiger partial charge >= 0.3 is 0 Å². The van der Waals surface area contributed by atoms with Gasteiger partial charge in [-0.15, -0.1) is 0 Å². The Morgan fingerprint density at radius 1 is 0.885 bits per heavy atom. The molecular formula is C39H62N6O7. The number of fused-ring (bicyclic) bond motifs is 1. The standard InChI is InChI=1S/C35H52N6O7.C4H10/c1-6-18-36-24(7-2)29(43)38-25(20-12-9-8-10-13-20)30(44)39-28(35(3,4)5)34(48)41-19-21-14-11-15-23(21)26(41)31(45)40-33(47)27(42)32(46)37-22-16-17-22;1-3-4-2/h6-7,18,20-23,25-26,28,33,47H,2,8-17,19H2,1,3-5H3,(H,37,46)(H,38,43)(H,39,44)(H,40,45);3-4H2,1-2H3/b18-6-,36-24?;/t21-,23-,25-,26?,28?,33?;/m0./s1. The highest BCUT2D eigenvalue weighted by Crippen LogP contribution is 2.43. The number of rotatable bonds is 14. The molecule has 4 aliphatic rings. The Balaban J connectivity index is 0.00000173. The van der Waals surface area contributed by atoms with E-state index in [4.69, 9.17) is 0 Å². The lowest BCUT2D eigenvalue weighted by atomic mass is 9.82. The van der Waals surface area contributed by atoms with Crippen LogP contribution in [-0.2, 0) is 28.8 Å². The highest BCUT2D eigenvalue weighted by Gasteiger charge is 2.52. The average Bonchev–Trinajstić information content (AvgIpc) is 3.69. The van der Waals surface area contributed by atoms with E-state index in [2.05, 4.69) is 46.7 Å². The zero-order valence-corrected chi connectivity index (χ0v) is 32.0. The molecule has 13 heteroatoms. The summed E-state index contributed by atoms with van der Waals surface area (Å²) < 4.78 is 0. The quantitative estimate of drug-likeness (QED) is 0.103. The van der Waals surface area contributed by atoms with Gasteiger partial charge in [-0.1, -0.05) is 85.8 Å². The minimum atomic E-state index is -2.05. The van der Waals surface area contributed by atoms with Crippen LogP contribution in [0.25, 0.3) is 0 Å². The summed E-state index contributed by atoms with van der Waals surface area (Å²) in [6, 6.07) is -3.08. The number of unbranched alkanes of at least 4 members (excludes halogenated alkanes) is 1. The second-order valence-electron chi connectivity index (χ2n) is 15.7. The first kappa shape index (κ1) is 42.5. The van der Waals surface area contributed by atoms with E-state index in [1.807, 2.05) is 20.8 Å². The van der Waals surface area contributed by atoms with Crippen molar-refractivity contribution in [1.82, 2.24) is 26.2 Å². The maximum Gasteiger partial charge on any atom is 0.292 e. The summed E-state index contributed by atoms with van der Waals surface area (Å²) in [5.41, 5.74) is -0.726. The Morgan fingerprint density at radius 2 is 1.54 bits per heavy atom. The van der Waals surface area contributed by atoms with E-state index in [1.54, 1.807) is 13.0 Å². The van der Waals surface area contributed by atoms with Crippen molar-refractivity contribution >= 4 is 41.0 Å². The van der Waals surface area contributed by atoms with Gasteiger partial charge in [0.15, 0.2) is 6.23 Å². The zero-order chi connectivity index (χ0) is 38.6. The Kier molecular flexibility index (Phi) is 16.2. The minimum absolute atomic E-state index is 0.0371. The number of nitrogens with zero attached hydrogens (tertiary/aromatic N) is 2. The number of hydrogen-bond acceptors (Lipinski definition) is 8. The fraction of sp³-hybridized carbons (Fsp3) is 0.718. The summed E-state index contributed by atoms with van der Waals surface area (Å²) in [5, 5.41) is 21.1. The molecule has 3 unspecified atom stereocenters. The highest BCUT2D eigenvalue weighted by atomic mass is 16.3. The molecule has 0 bridgehead atoms. The van der Waals surface area contributed by atoms with Gasteiger partial charge in [0, 0.05) is 18.8 Å². The van der Waals surface area contributed by atoms with E-state index in [0.717, 1.165) is 57.8 Å². The van der Waals surface area contributed by atoms with E-state index in [0.29, 0.717) is 6.42 Å². The number of Topliss-reactive ketones (excluding diaryl/α,β-unsaturated/α-hetero) is 1. The molecule has 0 aromatic rings. The topological polar surface area (TPSA) is 186 Å². The largest absolute Gasteiger partial charge is 0.367 e. The second kappa shape index (κ2) is 19.8. The fourth-order valence-electron chi connectivity index (χ4n) is 7.25. The van der Waals surface area contributed by atoms with Crippen molar-refractivity contribution in [1.29, 1.82) is 0 Å². The molecule has 1 heterocycles. The van der Waals surface area contributed by atoms with E-state index in [1.165, 1.54) is 30.0 Å². The van der Waals surface area contributed by atoms with Crippen molar-refractivity contribution in [3.05, 3.63) is 24.9 Å². The van der Waals surface area contributed by atoms with E-state index < -0.39 is 65.1 Å².